The van der Waals surface area contributed by atoms with Crippen LogP contribution >= 0.6 is 23.2 Å². The highest BCUT2D eigenvalue weighted by Crippen LogP contribution is 2.52. The van der Waals surface area contributed by atoms with Gasteiger partial charge in [-0.05, 0) is 67.5 Å². The minimum absolute atomic E-state index is 0.131. The van der Waals surface area contributed by atoms with Crippen LogP contribution in [0.25, 0.3) is 0 Å². The first-order chi connectivity index (χ1) is 17.7. The highest BCUT2D eigenvalue weighted by atomic mass is 35.5. The Labute approximate surface area is 228 Å². The SMILES string of the molecule is C=CC[C@@]1(C)CC(c2cccc(Cl)c2)[C@@H](c2ccc(Cl)cc2)N(C(CC)C(=O)O/N=C(/N)C2CC2)C1=O. The number of hydrogen-bond donors (Lipinski definition) is 1. The molecule has 1 aliphatic carbocycles. The van der Waals surface area contributed by atoms with Gasteiger partial charge in [-0.3, -0.25) is 4.79 Å². The topological polar surface area (TPSA) is 85.0 Å². The summed E-state index contributed by atoms with van der Waals surface area (Å²) in [5, 5.41) is 5.10. The number of oxime groups is 1. The molecule has 0 aromatic heterocycles. The van der Waals surface area contributed by atoms with Gasteiger partial charge in [0, 0.05) is 21.9 Å². The maximum Gasteiger partial charge on any atom is 0.357 e. The number of halogens is 2. The predicted molar refractivity (Wildman–Crippen MR) is 147 cm³/mol. The number of rotatable bonds is 9. The van der Waals surface area contributed by atoms with E-state index in [9.17, 15) is 9.59 Å². The van der Waals surface area contributed by atoms with Gasteiger partial charge in [0.05, 0.1) is 11.5 Å². The fourth-order valence-corrected chi connectivity index (χ4v) is 5.64. The lowest BCUT2D eigenvalue weighted by atomic mass is 9.67. The van der Waals surface area contributed by atoms with Gasteiger partial charge < -0.3 is 15.5 Å². The van der Waals surface area contributed by atoms with Crippen molar-refractivity contribution >= 4 is 40.9 Å². The molecule has 2 aliphatic rings. The molecule has 4 rings (SSSR count). The van der Waals surface area contributed by atoms with Gasteiger partial charge in [0.15, 0.2) is 0 Å². The van der Waals surface area contributed by atoms with Gasteiger partial charge in [-0.2, -0.15) is 0 Å². The van der Waals surface area contributed by atoms with Gasteiger partial charge in [-0.15, -0.1) is 6.58 Å². The average molecular weight is 543 g/mol. The number of nitrogens with two attached hydrogens (primary N) is 1. The molecule has 2 fully saturated rings. The number of carbonyl (C=O) groups is 2. The van der Waals surface area contributed by atoms with Gasteiger partial charge in [-0.25, -0.2) is 4.79 Å². The van der Waals surface area contributed by atoms with Crippen LogP contribution in [0.3, 0.4) is 0 Å². The zero-order valence-electron chi connectivity index (χ0n) is 21.2. The van der Waals surface area contributed by atoms with Crippen LogP contribution in [-0.4, -0.2) is 28.7 Å². The summed E-state index contributed by atoms with van der Waals surface area (Å²) in [7, 11) is 0. The summed E-state index contributed by atoms with van der Waals surface area (Å²) < 4.78 is 0. The Kier molecular flexibility index (Phi) is 8.29. The van der Waals surface area contributed by atoms with Crippen molar-refractivity contribution in [1.29, 1.82) is 0 Å². The minimum atomic E-state index is -0.866. The number of hydrogen-bond acceptors (Lipinski definition) is 4. The molecule has 8 heteroatoms. The lowest BCUT2D eigenvalue weighted by molar-refractivity contribution is -0.167. The van der Waals surface area contributed by atoms with E-state index in [1.54, 1.807) is 23.1 Å². The molecular weight excluding hydrogens is 509 g/mol. The molecule has 196 valence electrons. The van der Waals surface area contributed by atoms with Crippen molar-refractivity contribution < 1.29 is 14.4 Å². The maximum absolute atomic E-state index is 14.3. The molecule has 2 N–H and O–H groups in total. The van der Waals surface area contributed by atoms with Crippen LogP contribution in [0.5, 0.6) is 0 Å². The van der Waals surface area contributed by atoms with E-state index in [0.29, 0.717) is 35.1 Å². The number of carbonyl (C=O) groups excluding carboxylic acids is 2. The first kappa shape index (κ1) is 27.2. The van der Waals surface area contributed by atoms with Gasteiger partial charge in [0.25, 0.3) is 0 Å². The molecule has 2 unspecified atom stereocenters. The highest BCUT2D eigenvalue weighted by Gasteiger charge is 2.52. The quantitative estimate of drug-likeness (QED) is 0.127. The Morgan fingerprint density at radius 3 is 2.51 bits per heavy atom. The maximum atomic E-state index is 14.3. The first-order valence-electron chi connectivity index (χ1n) is 12.7. The molecule has 1 amide bonds. The fourth-order valence-electron chi connectivity index (χ4n) is 5.32. The Morgan fingerprint density at radius 2 is 1.92 bits per heavy atom. The molecule has 0 bridgehead atoms. The van der Waals surface area contributed by atoms with Gasteiger partial charge in [0.1, 0.15) is 11.9 Å². The van der Waals surface area contributed by atoms with E-state index in [-0.39, 0.29) is 17.7 Å². The Morgan fingerprint density at radius 1 is 1.22 bits per heavy atom. The second-order valence-electron chi connectivity index (χ2n) is 10.3. The van der Waals surface area contributed by atoms with E-state index in [1.807, 2.05) is 50.2 Å². The molecule has 2 aromatic rings. The number of amidine groups is 1. The third-order valence-corrected chi connectivity index (χ3v) is 7.90. The third kappa shape index (κ3) is 5.86. The second kappa shape index (κ2) is 11.3. The number of piperidine rings is 1. The monoisotopic (exact) mass is 541 g/mol. The van der Waals surface area contributed by atoms with E-state index in [1.165, 1.54) is 0 Å². The Hall–Kier alpha value is -2.83. The number of likely N-dealkylation sites (tertiary alicyclic amines) is 1. The van der Waals surface area contributed by atoms with Crippen molar-refractivity contribution in [3.63, 3.8) is 0 Å². The molecule has 1 heterocycles. The molecule has 1 saturated carbocycles. The molecule has 4 atom stereocenters. The first-order valence-corrected chi connectivity index (χ1v) is 13.4. The summed E-state index contributed by atoms with van der Waals surface area (Å²) in [6, 6.07) is 13.8. The van der Waals surface area contributed by atoms with Crippen molar-refractivity contribution in [3.05, 3.63) is 82.4 Å². The molecule has 1 saturated heterocycles. The molecular formula is C29H33Cl2N3O3. The number of allylic oxidation sites excluding steroid dienone is 1. The molecule has 37 heavy (non-hydrogen) atoms. The standard InChI is InChI=1S/C29H33Cl2N3O3/c1-4-15-29(3)17-23(20-7-6-8-22(31)16-20)25(18-11-13-21(30)14-12-18)34(28(29)36)24(5-2)27(35)37-33-26(32)19-9-10-19/h4,6-8,11-14,16,19,23-25H,1,5,9-10,15,17H2,2-3H3,(H2,32,33)/t23?,24?,25-,29+/m1/s1. The number of benzene rings is 2. The van der Waals surface area contributed by atoms with Crippen LogP contribution in [-0.2, 0) is 14.4 Å². The zero-order valence-corrected chi connectivity index (χ0v) is 22.7. The lowest BCUT2D eigenvalue weighted by Gasteiger charge is -2.51. The Bertz CT molecular complexity index is 1200. The van der Waals surface area contributed by atoms with Crippen molar-refractivity contribution in [1.82, 2.24) is 4.90 Å². The molecule has 2 aromatic carbocycles. The summed E-state index contributed by atoms with van der Waals surface area (Å²) in [6.07, 6.45) is 5.00. The van der Waals surface area contributed by atoms with Crippen LogP contribution in [0.1, 0.15) is 69.0 Å². The van der Waals surface area contributed by atoms with Crippen LogP contribution in [0.15, 0.2) is 66.3 Å². The minimum Gasteiger partial charge on any atom is -0.384 e. The zero-order chi connectivity index (χ0) is 26.7. The van der Waals surface area contributed by atoms with Gasteiger partial charge >= 0.3 is 5.97 Å². The molecule has 1 aliphatic heterocycles. The third-order valence-electron chi connectivity index (χ3n) is 7.42. The van der Waals surface area contributed by atoms with Crippen LogP contribution in [0, 0.1) is 11.3 Å². The largest absolute Gasteiger partial charge is 0.384 e. The Balaban J connectivity index is 1.83. The average Bonchev–Trinajstić information content (AvgIpc) is 3.72. The summed E-state index contributed by atoms with van der Waals surface area (Å²) in [6.45, 7) is 7.69. The number of nitrogens with zero attached hydrogens (tertiary/aromatic N) is 2. The normalized spacial score (nSPS) is 25.0. The molecule has 0 radical (unpaired) electrons. The number of amides is 1. The summed E-state index contributed by atoms with van der Waals surface area (Å²) in [5.74, 6) is -0.408. The predicted octanol–water partition coefficient (Wildman–Crippen LogP) is 6.64. The van der Waals surface area contributed by atoms with E-state index < -0.39 is 23.5 Å². The van der Waals surface area contributed by atoms with Crippen molar-refractivity contribution in [2.24, 2.45) is 22.2 Å². The second-order valence-corrected chi connectivity index (χ2v) is 11.1. The molecule has 6 nitrogen and oxygen atoms in total. The van der Waals surface area contributed by atoms with Crippen LogP contribution < -0.4 is 5.73 Å². The van der Waals surface area contributed by atoms with Gasteiger partial charge in [-0.1, -0.05) is 72.5 Å². The smallest absolute Gasteiger partial charge is 0.357 e. The summed E-state index contributed by atoms with van der Waals surface area (Å²) in [5.41, 5.74) is 7.04. The van der Waals surface area contributed by atoms with Gasteiger partial charge in [0.2, 0.25) is 5.91 Å². The summed E-state index contributed by atoms with van der Waals surface area (Å²) in [4.78, 5) is 34.7. The fraction of sp³-hybridized carbons (Fsp3) is 0.414. The van der Waals surface area contributed by atoms with E-state index in [0.717, 1.165) is 24.0 Å². The molecule has 0 spiro atoms. The van der Waals surface area contributed by atoms with Crippen molar-refractivity contribution in [3.8, 4) is 0 Å². The lowest BCUT2D eigenvalue weighted by Crippen LogP contribution is -2.57. The van der Waals surface area contributed by atoms with Crippen LogP contribution in [0.4, 0.5) is 0 Å². The summed E-state index contributed by atoms with van der Waals surface area (Å²) >= 11 is 12.6. The van der Waals surface area contributed by atoms with Crippen molar-refractivity contribution in [2.75, 3.05) is 0 Å². The van der Waals surface area contributed by atoms with Crippen LogP contribution in [0.2, 0.25) is 10.0 Å². The van der Waals surface area contributed by atoms with E-state index in [4.69, 9.17) is 33.8 Å². The van der Waals surface area contributed by atoms with E-state index >= 15 is 0 Å². The van der Waals surface area contributed by atoms with E-state index in [2.05, 4.69) is 11.7 Å². The van der Waals surface area contributed by atoms with Crippen molar-refractivity contribution in [2.45, 2.75) is 64.0 Å². The highest BCUT2D eigenvalue weighted by molar-refractivity contribution is 6.30.